The summed E-state index contributed by atoms with van der Waals surface area (Å²) in [6.07, 6.45) is 19.9. The van der Waals surface area contributed by atoms with Gasteiger partial charge in [0, 0.05) is 0 Å². The lowest BCUT2D eigenvalue weighted by Crippen LogP contribution is -2.47. The van der Waals surface area contributed by atoms with E-state index in [0.717, 1.165) is 44.9 Å². The largest absolute Gasteiger partial charge is 0.395 e. The summed E-state index contributed by atoms with van der Waals surface area (Å²) in [5, 5.41) is 214. The second-order valence-electron chi connectivity index (χ2n) is 26.9. The smallest absolute Gasteiger partial charge is 0.174 e. The van der Waals surface area contributed by atoms with Crippen LogP contribution < -0.4 is 44.6 Å². The van der Waals surface area contributed by atoms with Gasteiger partial charge in [0.05, 0.1) is 212 Å². The van der Waals surface area contributed by atoms with Crippen LogP contribution >= 0.6 is 0 Å². The van der Waals surface area contributed by atoms with Crippen LogP contribution in [0.5, 0.6) is 0 Å². The van der Waals surface area contributed by atoms with Crippen molar-refractivity contribution in [3.8, 4) is 0 Å². The van der Waals surface area contributed by atoms with Crippen molar-refractivity contribution in [2.75, 3.05) is 136 Å². The van der Waals surface area contributed by atoms with Gasteiger partial charge in [0.1, 0.15) is 0 Å². The summed E-state index contributed by atoms with van der Waals surface area (Å²) in [6.45, 7) is 18.8. The number of ketones is 2. The van der Waals surface area contributed by atoms with Crippen LogP contribution in [-0.2, 0) is 9.59 Å². The quantitative estimate of drug-likeness (QED) is 0.0153. The van der Waals surface area contributed by atoms with Gasteiger partial charge in [-0.25, -0.2) is 0 Å². The maximum Gasteiger partial charge on any atom is 0.174 e. The van der Waals surface area contributed by atoms with Crippen LogP contribution in [0.1, 0.15) is 147 Å². The molecule has 115 heavy (non-hydrogen) atoms. The van der Waals surface area contributed by atoms with Gasteiger partial charge in [0.15, 0.2) is 11.6 Å². The molecule has 0 aromatic heterocycles. The lowest BCUT2D eigenvalue weighted by molar-refractivity contribution is -0.117. The maximum absolute atomic E-state index is 11.0. The fraction of sp³-hybridized carbons (Fsp3) is 0.823. The lowest BCUT2D eigenvalue weighted by Gasteiger charge is -2.29. The normalized spacial score (nSPS) is 17.4. The van der Waals surface area contributed by atoms with E-state index in [-0.39, 0.29) is 114 Å². The van der Waals surface area contributed by atoms with Gasteiger partial charge >= 0.3 is 0 Å². The molecule has 23 unspecified atom stereocenters. The highest BCUT2D eigenvalue weighted by Crippen LogP contribution is 2.10. The molecule has 0 radical (unpaired) electrons. The number of allylic oxidation sites excluding steroid dienone is 7. The van der Waals surface area contributed by atoms with Gasteiger partial charge in [-0.05, 0) is 162 Å². The van der Waals surface area contributed by atoms with Crippen LogP contribution in [-0.4, -0.2) is 420 Å². The molecule has 0 aliphatic heterocycles. The fourth-order valence-corrected chi connectivity index (χ4v) is 8.44. The molecule has 0 heterocycles. The summed E-state index contributed by atoms with van der Waals surface area (Å²) in [5.41, 5.74) is 26.2. The standard InChI is InChI=1S/C10H17NO2.C8H19NO3.C8H19NO2.C8H17NO2.C7H17NO3.C7H17NO2.C7H15NO2.C6H15NO3.C6H15NO2.C6H13NO2.C6H11NO2/c1-2-3-4-5-6-7-10(13)9(11)8-12;1-4-7(11)8(12)6(5-10)9(2)3;2*1-4-5-8(11)7(6-10)9(2)3;1-3-6(10)7(11)5(4-9)8-2;2*1-3-4-7(10)6(5-9)8-2;1-2-5(9)6(10)4(7)3-8;3*1-2-3-6(9)5(7)4-8/h2-3,6-7,9,12H,4-5,8,11H2,1H3;6-8,10-12H,4-5H2,1-3H3;7-8,10-11H,4-6H2,1-3H3;4-5,7-8,10-11H,6H2,1-3H3;5-11H,3-4H2,1-2H3;6-10H,3-5H2,1-2H3;3-4,6-10H,5H2,1-2H3;4-6,8-10H,2-3,7H2,1H3;5-6,8-9H,2-4,7H2,1H3;2-3,5-6,8-9H,4,7H2,1H3;2-3,5,8H,4,7H2,1H3/b3-2-,7-6+;;;5-4+;;;4-3+;;;2*3-2+. The summed E-state index contributed by atoms with van der Waals surface area (Å²) in [4.78, 5) is 27.0. The molecular formula is C79H175N11O25. The molecular weight excluding hydrogens is 1500 g/mol. The van der Waals surface area contributed by atoms with Gasteiger partial charge in [-0.2, -0.15) is 0 Å². The van der Waals surface area contributed by atoms with Gasteiger partial charge in [-0.15, -0.1) is 0 Å². The Morgan fingerprint density at radius 1 is 0.322 bits per heavy atom. The summed E-state index contributed by atoms with van der Waals surface area (Å²) in [5.74, 6) is -0.456. The third-order valence-electron chi connectivity index (χ3n) is 16.6. The Bertz CT molecular complexity index is 2160. The zero-order valence-electron chi connectivity index (χ0n) is 73.6. The number of nitrogens with one attached hydrogen (secondary N) is 3. The van der Waals surface area contributed by atoms with E-state index in [0.29, 0.717) is 25.7 Å². The summed E-state index contributed by atoms with van der Waals surface area (Å²) in [7, 11) is 16.0. The van der Waals surface area contributed by atoms with Crippen LogP contribution in [0.2, 0.25) is 0 Å². The molecule has 0 saturated carbocycles. The molecule has 0 bridgehead atoms. The number of nitrogens with two attached hydrogens (primary N) is 5. The van der Waals surface area contributed by atoms with Crippen molar-refractivity contribution in [2.45, 2.75) is 286 Å². The highest BCUT2D eigenvalue weighted by atomic mass is 16.4. The molecule has 0 aliphatic rings. The maximum atomic E-state index is 11.0. The molecule has 0 aromatic carbocycles. The Kier molecular flexibility index (Phi) is 112. The van der Waals surface area contributed by atoms with Gasteiger partial charge in [0.25, 0.3) is 0 Å². The highest BCUT2D eigenvalue weighted by Gasteiger charge is 2.27. The predicted octanol–water partition coefficient (Wildman–Crippen LogP) is -5.73. The van der Waals surface area contributed by atoms with E-state index in [9.17, 15) is 45.3 Å². The second-order valence-corrected chi connectivity index (χ2v) is 26.9. The first kappa shape index (κ1) is 135. The SMILES string of the molecule is C/C=C/C(=O)C(N)CO.C/C=C/C(O)C(CO)N(C)C.C/C=C/C(O)C(CO)NC.C/C=C/C(O)C(N)CO.C/C=C\CC/C=C/C(=O)C(N)CO.CCC(O)C(O)C(CO)N(C)C.CCC(O)C(O)C(CO)NC.CCC(O)C(O)C(N)CO.CCCC(O)C(CO)N(C)C.CCCC(O)C(CO)NC.CCCC(O)C(N)CO. The van der Waals surface area contributed by atoms with Crippen molar-refractivity contribution in [2.24, 2.45) is 28.7 Å². The number of aliphatic hydroxyl groups is 23. The molecule has 23 atom stereocenters. The lowest BCUT2D eigenvalue weighted by atomic mass is 10.0. The molecule has 0 rings (SSSR count). The van der Waals surface area contributed by atoms with Gasteiger partial charge < -0.3 is 177 Å². The first-order chi connectivity index (χ1) is 54.0. The Morgan fingerprint density at radius 3 is 0.974 bits per heavy atom. The van der Waals surface area contributed by atoms with Gasteiger partial charge in [0.2, 0.25) is 0 Å². The van der Waals surface area contributed by atoms with E-state index in [1.54, 1.807) is 128 Å². The summed E-state index contributed by atoms with van der Waals surface area (Å²) >= 11 is 0. The molecule has 0 aliphatic carbocycles. The molecule has 0 aromatic rings. The van der Waals surface area contributed by atoms with E-state index in [2.05, 4.69) is 16.0 Å². The van der Waals surface area contributed by atoms with E-state index in [1.165, 1.54) is 12.2 Å². The Morgan fingerprint density at radius 2 is 0.661 bits per heavy atom. The average Bonchev–Trinajstić information content (AvgIpc) is 0.906. The third kappa shape index (κ3) is 81.2. The molecule has 0 fully saturated rings. The van der Waals surface area contributed by atoms with E-state index >= 15 is 0 Å². The number of hydrogen-bond acceptors (Lipinski definition) is 36. The van der Waals surface area contributed by atoms with Crippen molar-refractivity contribution >= 4 is 11.6 Å². The minimum Gasteiger partial charge on any atom is -0.395 e. The average molecular weight is 1680 g/mol. The summed E-state index contributed by atoms with van der Waals surface area (Å²) in [6, 6.07) is -4.84. The first-order valence-electron chi connectivity index (χ1n) is 39.5. The number of carbonyl (C=O) groups is 2. The van der Waals surface area contributed by atoms with Crippen LogP contribution in [0.4, 0.5) is 0 Å². The van der Waals surface area contributed by atoms with Crippen molar-refractivity contribution in [3.05, 3.63) is 72.9 Å². The number of carbonyl (C=O) groups excluding carboxylic acids is 2. The Hall–Kier alpha value is -3.58. The predicted molar refractivity (Wildman–Crippen MR) is 459 cm³/mol. The second kappa shape index (κ2) is 95.9. The van der Waals surface area contributed by atoms with Crippen LogP contribution in [0.25, 0.3) is 0 Å². The third-order valence-corrected chi connectivity index (χ3v) is 16.6. The minimum atomic E-state index is -1.02. The fourth-order valence-electron chi connectivity index (χ4n) is 8.44. The zero-order chi connectivity index (χ0) is 92.3. The van der Waals surface area contributed by atoms with E-state index in [1.807, 2.05) is 86.8 Å². The van der Waals surface area contributed by atoms with Gasteiger partial charge in [-0.1, -0.05) is 122 Å². The van der Waals surface area contributed by atoms with Crippen LogP contribution in [0.15, 0.2) is 72.9 Å². The topological polar surface area (TPSA) is 675 Å². The monoisotopic (exact) mass is 1680 g/mol. The number of unbranched alkanes of at least 4 members (excludes halogenated alkanes) is 1. The Balaban J connectivity index is -0.000000115. The number of aliphatic hydroxyl groups excluding tert-OH is 23. The van der Waals surface area contributed by atoms with Crippen molar-refractivity contribution in [3.63, 3.8) is 0 Å². The Labute approximate surface area is 690 Å². The van der Waals surface area contributed by atoms with Crippen LogP contribution in [0, 0.1) is 0 Å². The van der Waals surface area contributed by atoms with Crippen molar-refractivity contribution in [1.29, 1.82) is 0 Å². The molecule has 36 N–H and O–H groups in total. The highest BCUT2D eigenvalue weighted by molar-refractivity contribution is 5.94. The first-order valence-corrected chi connectivity index (χ1v) is 39.5. The number of rotatable bonds is 48. The molecule has 36 nitrogen and oxygen atoms in total. The molecule has 0 spiro atoms. The van der Waals surface area contributed by atoms with Crippen molar-refractivity contribution < 1.29 is 127 Å². The minimum absolute atomic E-state index is 0.00231. The zero-order valence-corrected chi connectivity index (χ0v) is 73.6. The number of likely N-dealkylation sites (N-methyl/N-ethyl adjacent to an activating group) is 6. The van der Waals surface area contributed by atoms with E-state index in [4.69, 9.17) is 110 Å². The molecule has 0 amide bonds. The number of hydrogen-bond donors (Lipinski definition) is 31. The molecule has 0 saturated heterocycles. The van der Waals surface area contributed by atoms with Crippen LogP contribution in [0.3, 0.4) is 0 Å². The van der Waals surface area contributed by atoms with E-state index < -0.39 is 109 Å². The summed E-state index contributed by atoms with van der Waals surface area (Å²) < 4.78 is 0. The van der Waals surface area contributed by atoms with Crippen molar-refractivity contribution in [1.82, 2.24) is 30.7 Å². The molecule has 696 valence electrons. The number of nitrogens with zero attached hydrogens (tertiary/aromatic N) is 3. The van der Waals surface area contributed by atoms with Gasteiger partial charge in [-0.3, -0.25) is 9.59 Å². The molecule has 36 heteroatoms.